The Kier molecular flexibility index (Phi) is 7.77. The first kappa shape index (κ1) is 24.0. The molecule has 32 heavy (non-hydrogen) atoms. The number of piperidine rings is 1. The molecule has 3 rings (SSSR count). The van der Waals surface area contributed by atoms with Gasteiger partial charge >= 0.3 is 6.09 Å². The highest BCUT2D eigenvalue weighted by Crippen LogP contribution is 2.27. The van der Waals surface area contributed by atoms with Crippen LogP contribution in [0.1, 0.15) is 63.7 Å². The molecule has 2 N–H and O–H groups in total. The number of amides is 2. The van der Waals surface area contributed by atoms with E-state index in [4.69, 9.17) is 9.47 Å². The van der Waals surface area contributed by atoms with Crippen LogP contribution in [0.15, 0.2) is 18.2 Å². The smallest absolute Gasteiger partial charge is 0.410 e. The van der Waals surface area contributed by atoms with Crippen LogP contribution in [-0.2, 0) is 14.3 Å². The molecule has 0 aromatic heterocycles. The van der Waals surface area contributed by atoms with Crippen LogP contribution in [0.5, 0.6) is 0 Å². The second kappa shape index (κ2) is 10.3. The average Bonchev–Trinajstić information content (AvgIpc) is 2.67. The fourth-order valence-corrected chi connectivity index (χ4v) is 3.80. The summed E-state index contributed by atoms with van der Waals surface area (Å²) in [6.45, 7) is 9.68. The number of ether oxygens (including phenoxy) is 2. The zero-order valence-corrected chi connectivity index (χ0v) is 19.5. The maximum Gasteiger partial charge on any atom is 0.410 e. The zero-order valence-electron chi connectivity index (χ0n) is 19.5. The molecule has 0 spiro atoms. The van der Waals surface area contributed by atoms with E-state index in [2.05, 4.69) is 10.6 Å². The van der Waals surface area contributed by atoms with E-state index >= 15 is 0 Å². The van der Waals surface area contributed by atoms with Gasteiger partial charge in [-0.1, -0.05) is 0 Å². The third-order valence-electron chi connectivity index (χ3n) is 5.75. The highest BCUT2D eigenvalue weighted by molar-refractivity contribution is 5.99. The monoisotopic (exact) mass is 445 g/mol. The number of benzene rings is 1. The number of anilines is 2. The quantitative estimate of drug-likeness (QED) is 0.614. The Bertz CT molecular complexity index is 837. The molecule has 8 heteroatoms. The lowest BCUT2D eigenvalue weighted by atomic mass is 9.93. The molecular weight excluding hydrogens is 410 g/mol. The van der Waals surface area contributed by atoms with Crippen LogP contribution in [0, 0.1) is 5.92 Å². The van der Waals surface area contributed by atoms with Crippen LogP contribution in [0.2, 0.25) is 0 Å². The predicted octanol–water partition coefficient (Wildman–Crippen LogP) is 4.07. The first-order valence-corrected chi connectivity index (χ1v) is 11.4. The second-order valence-corrected chi connectivity index (χ2v) is 9.64. The van der Waals surface area contributed by atoms with E-state index in [9.17, 15) is 14.4 Å². The summed E-state index contributed by atoms with van der Waals surface area (Å²) < 4.78 is 10.9. The standard InChI is InChI=1S/C24H35N3O5/c1-16(28)18-5-6-20(21(14-18)25-15-19-9-12-31-19)26-22(29)13-17-7-10-27(11-8-17)23(30)32-24(2,3)4/h5-6,14,17,19,25H,7-13,15H2,1-4H3,(H,26,29)/t19-/m0/s1. The molecular formula is C24H35N3O5. The Morgan fingerprint density at radius 3 is 2.38 bits per heavy atom. The van der Waals surface area contributed by atoms with Crippen molar-refractivity contribution in [2.24, 2.45) is 5.92 Å². The number of nitrogens with zero attached hydrogens (tertiary/aromatic N) is 1. The highest BCUT2D eigenvalue weighted by atomic mass is 16.6. The van der Waals surface area contributed by atoms with Gasteiger partial charge in [0.2, 0.25) is 5.91 Å². The van der Waals surface area contributed by atoms with Crippen molar-refractivity contribution in [2.45, 2.75) is 65.1 Å². The Labute approximate surface area is 190 Å². The van der Waals surface area contributed by atoms with Crippen LogP contribution in [0.3, 0.4) is 0 Å². The number of carbonyl (C=O) groups is 3. The number of ketones is 1. The van der Waals surface area contributed by atoms with Crippen molar-refractivity contribution in [1.29, 1.82) is 0 Å². The number of likely N-dealkylation sites (tertiary alicyclic amines) is 1. The summed E-state index contributed by atoms with van der Waals surface area (Å²) in [6, 6.07) is 5.27. The van der Waals surface area contributed by atoms with Gasteiger partial charge in [-0.15, -0.1) is 0 Å². The number of hydrogen-bond acceptors (Lipinski definition) is 6. The number of nitrogens with one attached hydrogen (secondary N) is 2. The summed E-state index contributed by atoms with van der Waals surface area (Å²) in [6.07, 6.45) is 2.79. The van der Waals surface area contributed by atoms with Gasteiger partial charge in [-0.2, -0.15) is 0 Å². The molecule has 2 heterocycles. The van der Waals surface area contributed by atoms with E-state index < -0.39 is 5.60 Å². The second-order valence-electron chi connectivity index (χ2n) is 9.64. The van der Waals surface area contributed by atoms with E-state index in [1.165, 1.54) is 6.92 Å². The van der Waals surface area contributed by atoms with E-state index in [1.54, 1.807) is 23.1 Å². The largest absolute Gasteiger partial charge is 0.444 e. The van der Waals surface area contributed by atoms with E-state index in [0.29, 0.717) is 37.3 Å². The molecule has 176 valence electrons. The molecule has 2 saturated heterocycles. The van der Waals surface area contributed by atoms with Crippen LogP contribution >= 0.6 is 0 Å². The Hall–Kier alpha value is -2.61. The maximum absolute atomic E-state index is 12.7. The van der Waals surface area contributed by atoms with E-state index in [-0.39, 0.29) is 29.8 Å². The van der Waals surface area contributed by atoms with Gasteiger partial charge in [-0.05, 0) is 71.1 Å². The minimum absolute atomic E-state index is 0.0254. The zero-order chi connectivity index (χ0) is 23.3. The predicted molar refractivity (Wildman–Crippen MR) is 123 cm³/mol. The molecule has 1 aromatic rings. The lowest BCUT2D eigenvalue weighted by molar-refractivity contribution is -0.117. The number of rotatable bonds is 7. The Morgan fingerprint density at radius 2 is 1.81 bits per heavy atom. The average molecular weight is 446 g/mol. The molecule has 0 aliphatic carbocycles. The summed E-state index contributed by atoms with van der Waals surface area (Å²) in [5, 5.41) is 6.30. The number of hydrogen-bond donors (Lipinski definition) is 2. The van der Waals surface area contributed by atoms with E-state index in [1.807, 2.05) is 20.8 Å². The summed E-state index contributed by atoms with van der Waals surface area (Å²) >= 11 is 0. The van der Waals surface area contributed by atoms with Gasteiger partial charge in [0.25, 0.3) is 0 Å². The topological polar surface area (TPSA) is 97.0 Å². The number of carbonyl (C=O) groups excluding carboxylic acids is 3. The first-order valence-electron chi connectivity index (χ1n) is 11.4. The summed E-state index contributed by atoms with van der Waals surface area (Å²) in [5.41, 5.74) is 1.46. The van der Waals surface area contributed by atoms with Gasteiger partial charge in [0, 0.05) is 38.2 Å². The van der Waals surface area contributed by atoms with Crippen molar-refractivity contribution in [3.63, 3.8) is 0 Å². The van der Waals surface area contributed by atoms with Gasteiger partial charge in [0.15, 0.2) is 5.78 Å². The maximum atomic E-state index is 12.7. The molecule has 2 aliphatic heterocycles. The summed E-state index contributed by atoms with van der Waals surface area (Å²) in [7, 11) is 0. The van der Waals surface area contributed by atoms with Gasteiger partial charge in [-0.25, -0.2) is 4.79 Å². The SMILES string of the molecule is CC(=O)c1ccc(NC(=O)CC2CCN(C(=O)OC(C)(C)C)CC2)c(NC[C@@H]2CCO2)c1. The van der Waals surface area contributed by atoms with Crippen molar-refractivity contribution in [1.82, 2.24) is 4.90 Å². The number of Topliss-reactive ketones (excluding diaryl/α,β-unsaturated/α-hetero) is 1. The molecule has 0 radical (unpaired) electrons. The van der Waals surface area contributed by atoms with Crippen molar-refractivity contribution in [3.05, 3.63) is 23.8 Å². The lowest BCUT2D eigenvalue weighted by Crippen LogP contribution is -2.42. The molecule has 2 fully saturated rings. The van der Waals surface area contributed by atoms with Crippen LogP contribution in [0.4, 0.5) is 16.2 Å². The molecule has 0 unspecified atom stereocenters. The van der Waals surface area contributed by atoms with E-state index in [0.717, 1.165) is 31.6 Å². The van der Waals surface area contributed by atoms with Gasteiger partial charge in [0.1, 0.15) is 5.60 Å². The molecule has 0 saturated carbocycles. The van der Waals surface area contributed by atoms with Gasteiger partial charge in [0.05, 0.1) is 17.5 Å². The van der Waals surface area contributed by atoms with Crippen molar-refractivity contribution < 1.29 is 23.9 Å². The first-order chi connectivity index (χ1) is 15.1. The molecule has 0 bridgehead atoms. The summed E-state index contributed by atoms with van der Waals surface area (Å²) in [4.78, 5) is 38.4. The minimum Gasteiger partial charge on any atom is -0.444 e. The molecule has 2 aliphatic rings. The van der Waals surface area contributed by atoms with Gasteiger partial charge < -0.3 is 25.0 Å². The Morgan fingerprint density at radius 1 is 1.12 bits per heavy atom. The molecule has 8 nitrogen and oxygen atoms in total. The van der Waals surface area contributed by atoms with Crippen LogP contribution in [0.25, 0.3) is 0 Å². The van der Waals surface area contributed by atoms with Crippen molar-refractivity contribution >= 4 is 29.2 Å². The lowest BCUT2D eigenvalue weighted by Gasteiger charge is -2.33. The third-order valence-corrected chi connectivity index (χ3v) is 5.75. The normalized spacial score (nSPS) is 19.1. The van der Waals surface area contributed by atoms with Crippen LogP contribution < -0.4 is 10.6 Å². The molecule has 1 aromatic carbocycles. The van der Waals surface area contributed by atoms with Gasteiger partial charge in [-0.3, -0.25) is 9.59 Å². The van der Waals surface area contributed by atoms with Crippen LogP contribution in [-0.4, -0.2) is 60.6 Å². The fraction of sp³-hybridized carbons (Fsp3) is 0.625. The molecule has 2 amide bonds. The minimum atomic E-state index is -0.512. The summed E-state index contributed by atoms with van der Waals surface area (Å²) in [5.74, 6) is 0.117. The highest BCUT2D eigenvalue weighted by Gasteiger charge is 2.28. The fourth-order valence-electron chi connectivity index (χ4n) is 3.80. The molecule has 1 atom stereocenters. The third kappa shape index (κ3) is 6.95. The Balaban J connectivity index is 1.53. The van der Waals surface area contributed by atoms with Crippen molar-refractivity contribution in [3.8, 4) is 0 Å². The van der Waals surface area contributed by atoms with Crippen molar-refractivity contribution in [2.75, 3.05) is 36.9 Å².